The van der Waals surface area contributed by atoms with Gasteiger partial charge in [0.2, 0.25) is 0 Å². The number of anilines is 1. The maximum atomic E-state index is 12.4. The summed E-state index contributed by atoms with van der Waals surface area (Å²) >= 11 is 18.5. The Labute approximate surface area is 184 Å². The van der Waals surface area contributed by atoms with Gasteiger partial charge in [0.1, 0.15) is 22.0 Å². The molecular formula is C17H15Cl3N2O6S. The van der Waals surface area contributed by atoms with Crippen LogP contribution in [0.3, 0.4) is 0 Å². The molecule has 0 aromatic carbocycles. The van der Waals surface area contributed by atoms with Crippen molar-refractivity contribution in [3.63, 3.8) is 0 Å². The van der Waals surface area contributed by atoms with E-state index in [9.17, 15) is 14.4 Å². The Kier molecular flexibility index (Phi) is 8.09. The standard InChI is InChI=1S/C17H15Cl3N2O6S/c1-3-26-15(23)9-7(13(29-14(9)21)17(25)27-4-2)6-28-16(24)12-11(20)10(19)8(18)5-22-12/h5H,3-4,6,21H2,1-2H3. The van der Waals surface area contributed by atoms with E-state index in [2.05, 4.69) is 4.98 Å². The van der Waals surface area contributed by atoms with E-state index in [4.69, 9.17) is 54.7 Å². The van der Waals surface area contributed by atoms with Crippen LogP contribution >= 0.6 is 46.1 Å². The normalized spacial score (nSPS) is 10.5. The van der Waals surface area contributed by atoms with Crippen molar-refractivity contribution in [2.45, 2.75) is 20.5 Å². The molecule has 0 aliphatic heterocycles. The minimum atomic E-state index is -0.942. The quantitative estimate of drug-likeness (QED) is 0.457. The van der Waals surface area contributed by atoms with Crippen molar-refractivity contribution in [2.24, 2.45) is 0 Å². The molecular weight excluding hydrogens is 467 g/mol. The third kappa shape index (κ3) is 5.11. The summed E-state index contributed by atoms with van der Waals surface area (Å²) in [5.74, 6) is -2.41. The van der Waals surface area contributed by atoms with Crippen LogP contribution in [-0.4, -0.2) is 36.1 Å². The molecule has 0 spiro atoms. The predicted molar refractivity (Wildman–Crippen MR) is 109 cm³/mol. The van der Waals surface area contributed by atoms with E-state index < -0.39 is 24.5 Å². The zero-order valence-corrected chi connectivity index (χ0v) is 18.3. The number of nitrogen functional groups attached to an aromatic ring is 1. The lowest BCUT2D eigenvalue weighted by Gasteiger charge is -2.10. The van der Waals surface area contributed by atoms with Crippen molar-refractivity contribution in [2.75, 3.05) is 18.9 Å². The summed E-state index contributed by atoms with van der Waals surface area (Å²) in [4.78, 5) is 40.7. The Morgan fingerprint density at radius 3 is 2.24 bits per heavy atom. The Hall–Kier alpha value is -2.07. The number of esters is 3. The predicted octanol–water partition coefficient (Wildman–Crippen LogP) is 4.40. The van der Waals surface area contributed by atoms with E-state index in [1.807, 2.05) is 0 Å². The van der Waals surface area contributed by atoms with Crippen LogP contribution in [-0.2, 0) is 20.8 Å². The minimum absolute atomic E-state index is 0.0217. The average molecular weight is 482 g/mol. The summed E-state index contributed by atoms with van der Waals surface area (Å²) < 4.78 is 15.1. The molecule has 0 atom stereocenters. The number of aromatic nitrogens is 1. The summed E-state index contributed by atoms with van der Waals surface area (Å²) in [6.45, 7) is 2.95. The Morgan fingerprint density at radius 2 is 1.62 bits per heavy atom. The lowest BCUT2D eigenvalue weighted by Crippen LogP contribution is -2.15. The van der Waals surface area contributed by atoms with Gasteiger partial charge in [0.15, 0.2) is 5.69 Å². The third-order valence-corrected chi connectivity index (χ3v) is 5.71. The van der Waals surface area contributed by atoms with Gasteiger partial charge in [-0.3, -0.25) is 0 Å². The molecule has 0 bridgehead atoms. The molecule has 2 rings (SSSR count). The molecule has 0 amide bonds. The average Bonchev–Trinajstić information content (AvgIpc) is 3.01. The van der Waals surface area contributed by atoms with Crippen molar-refractivity contribution in [1.82, 2.24) is 4.98 Å². The molecule has 2 heterocycles. The number of ether oxygens (including phenoxy) is 3. The fraction of sp³-hybridized carbons (Fsp3) is 0.294. The number of thiophene rings is 1. The van der Waals surface area contributed by atoms with Gasteiger partial charge in [-0.1, -0.05) is 34.8 Å². The first-order valence-electron chi connectivity index (χ1n) is 8.14. The third-order valence-electron chi connectivity index (χ3n) is 3.43. The SMILES string of the molecule is CCOC(=O)c1sc(N)c(C(=O)OCC)c1COC(=O)c1ncc(Cl)c(Cl)c1Cl. The molecule has 0 radical (unpaired) electrons. The van der Waals surface area contributed by atoms with Gasteiger partial charge in [-0.2, -0.15) is 0 Å². The van der Waals surface area contributed by atoms with Crippen LogP contribution in [0.2, 0.25) is 15.1 Å². The maximum absolute atomic E-state index is 12.4. The second kappa shape index (κ2) is 10.1. The molecule has 12 heteroatoms. The summed E-state index contributed by atoms with van der Waals surface area (Å²) in [7, 11) is 0. The van der Waals surface area contributed by atoms with Crippen molar-refractivity contribution >= 4 is 69.0 Å². The highest BCUT2D eigenvalue weighted by Crippen LogP contribution is 2.34. The van der Waals surface area contributed by atoms with Crippen molar-refractivity contribution in [3.8, 4) is 0 Å². The number of nitrogens with two attached hydrogens (primary N) is 1. The number of carbonyl (C=O) groups is 3. The summed E-state index contributed by atoms with van der Waals surface area (Å²) in [6, 6.07) is 0. The van der Waals surface area contributed by atoms with E-state index in [0.717, 1.165) is 17.5 Å². The lowest BCUT2D eigenvalue weighted by molar-refractivity contribution is 0.0433. The number of rotatable bonds is 7. The minimum Gasteiger partial charge on any atom is -0.462 e. The van der Waals surface area contributed by atoms with Crippen molar-refractivity contribution < 1.29 is 28.6 Å². The number of hydrogen-bond donors (Lipinski definition) is 1. The molecule has 0 saturated heterocycles. The molecule has 29 heavy (non-hydrogen) atoms. The first kappa shape index (κ1) is 23.2. The van der Waals surface area contributed by atoms with Crippen LogP contribution in [0.25, 0.3) is 0 Å². The van der Waals surface area contributed by atoms with Crippen LogP contribution < -0.4 is 5.73 Å². The van der Waals surface area contributed by atoms with Gasteiger partial charge in [-0.15, -0.1) is 11.3 Å². The highest BCUT2D eigenvalue weighted by atomic mass is 35.5. The molecule has 0 saturated carbocycles. The second-order valence-electron chi connectivity index (χ2n) is 5.25. The van der Waals surface area contributed by atoms with Crippen molar-refractivity contribution in [3.05, 3.63) is 43.0 Å². The van der Waals surface area contributed by atoms with Gasteiger partial charge in [0, 0.05) is 11.8 Å². The Morgan fingerprint density at radius 1 is 1.00 bits per heavy atom. The van der Waals surface area contributed by atoms with Crippen molar-refractivity contribution in [1.29, 1.82) is 0 Å². The zero-order valence-electron chi connectivity index (χ0n) is 15.2. The number of nitrogens with zero attached hydrogens (tertiary/aromatic N) is 1. The molecule has 2 aromatic rings. The first-order chi connectivity index (χ1) is 13.7. The number of carbonyl (C=O) groups excluding carboxylic acids is 3. The number of hydrogen-bond acceptors (Lipinski definition) is 9. The molecule has 2 aromatic heterocycles. The molecule has 8 nitrogen and oxygen atoms in total. The van der Waals surface area contributed by atoms with Gasteiger partial charge in [-0.05, 0) is 13.8 Å². The topological polar surface area (TPSA) is 118 Å². The zero-order chi connectivity index (χ0) is 21.7. The van der Waals surface area contributed by atoms with Gasteiger partial charge >= 0.3 is 17.9 Å². The first-order valence-corrected chi connectivity index (χ1v) is 10.1. The van der Waals surface area contributed by atoms with Crippen LogP contribution in [0.1, 0.15) is 49.9 Å². The molecule has 2 N–H and O–H groups in total. The van der Waals surface area contributed by atoms with E-state index in [0.29, 0.717) is 0 Å². The molecule has 0 aliphatic rings. The molecule has 156 valence electrons. The molecule has 0 fully saturated rings. The Balaban J connectivity index is 2.37. The van der Waals surface area contributed by atoms with E-state index in [-0.39, 0.29) is 55.0 Å². The van der Waals surface area contributed by atoms with Gasteiger partial charge in [0.25, 0.3) is 0 Å². The van der Waals surface area contributed by atoms with Gasteiger partial charge in [0.05, 0.1) is 28.3 Å². The highest BCUT2D eigenvalue weighted by molar-refractivity contribution is 7.18. The Bertz CT molecular complexity index is 963. The molecule has 0 unspecified atom stereocenters. The van der Waals surface area contributed by atoms with Gasteiger partial charge in [-0.25, -0.2) is 19.4 Å². The largest absolute Gasteiger partial charge is 0.462 e. The van der Waals surface area contributed by atoms with Crippen LogP contribution in [0, 0.1) is 0 Å². The highest BCUT2D eigenvalue weighted by Gasteiger charge is 2.29. The van der Waals surface area contributed by atoms with E-state index in [1.54, 1.807) is 13.8 Å². The maximum Gasteiger partial charge on any atom is 0.358 e. The number of halogens is 3. The number of pyridine rings is 1. The second-order valence-corrected chi connectivity index (χ2v) is 7.46. The van der Waals surface area contributed by atoms with Crippen LogP contribution in [0.5, 0.6) is 0 Å². The van der Waals surface area contributed by atoms with E-state index in [1.165, 1.54) is 0 Å². The van der Waals surface area contributed by atoms with Crippen LogP contribution in [0.4, 0.5) is 5.00 Å². The van der Waals surface area contributed by atoms with Crippen LogP contribution in [0.15, 0.2) is 6.20 Å². The smallest absolute Gasteiger partial charge is 0.358 e. The fourth-order valence-corrected chi connectivity index (χ4v) is 3.72. The van der Waals surface area contributed by atoms with Gasteiger partial charge < -0.3 is 19.9 Å². The summed E-state index contributed by atoms with van der Waals surface area (Å²) in [5, 5.41) is -0.156. The summed E-state index contributed by atoms with van der Waals surface area (Å²) in [5.41, 5.74) is 5.61. The lowest BCUT2D eigenvalue weighted by atomic mass is 10.1. The monoisotopic (exact) mass is 480 g/mol. The summed E-state index contributed by atoms with van der Waals surface area (Å²) in [6.07, 6.45) is 1.14. The van der Waals surface area contributed by atoms with E-state index >= 15 is 0 Å². The molecule has 0 aliphatic carbocycles. The fourth-order valence-electron chi connectivity index (χ4n) is 2.20.